The molecule has 0 fully saturated rings. The molecule has 12 nitrogen and oxygen atoms in total. The molecule has 0 saturated heterocycles. The van der Waals surface area contributed by atoms with E-state index in [0.29, 0.717) is 60.6 Å². The first-order chi connectivity index (χ1) is 19.8. The van der Waals surface area contributed by atoms with Gasteiger partial charge in [-0.2, -0.15) is 5.10 Å². The van der Waals surface area contributed by atoms with Crippen LogP contribution in [0.5, 0.6) is 17.2 Å². The summed E-state index contributed by atoms with van der Waals surface area (Å²) in [6, 6.07) is 15.0. The van der Waals surface area contributed by atoms with Gasteiger partial charge in [-0.3, -0.25) is 19.3 Å². The van der Waals surface area contributed by atoms with Crippen molar-refractivity contribution in [2.24, 2.45) is 5.10 Å². The Morgan fingerprint density at radius 2 is 1.44 bits per heavy atom. The molecule has 1 aliphatic heterocycles. The SMILES string of the molecule is COc1ccc(/C=N\n2c(=O)[nH]c3c([nH]c4cc(OC)c(OC)cc43)c2=O)cc1CN1C(=O)c2ccccc2C1=O. The number of hydrogen-bond acceptors (Lipinski definition) is 8. The largest absolute Gasteiger partial charge is 0.496 e. The van der Waals surface area contributed by atoms with E-state index in [1.54, 1.807) is 54.6 Å². The lowest BCUT2D eigenvalue weighted by atomic mass is 10.1. The molecule has 3 aromatic carbocycles. The van der Waals surface area contributed by atoms with Gasteiger partial charge < -0.3 is 24.2 Å². The highest BCUT2D eigenvalue weighted by molar-refractivity contribution is 6.21. The summed E-state index contributed by atoms with van der Waals surface area (Å²) in [5, 5.41) is 4.71. The van der Waals surface area contributed by atoms with Gasteiger partial charge in [-0.1, -0.05) is 12.1 Å². The maximum Gasteiger partial charge on any atom is 0.350 e. The summed E-state index contributed by atoms with van der Waals surface area (Å²) in [6.45, 7) is -0.0360. The number of carbonyl (C=O) groups is 2. The maximum atomic E-state index is 13.3. The van der Waals surface area contributed by atoms with Gasteiger partial charge in [0.25, 0.3) is 11.8 Å². The van der Waals surface area contributed by atoms with E-state index in [9.17, 15) is 19.2 Å². The van der Waals surface area contributed by atoms with Gasteiger partial charge >= 0.3 is 11.2 Å². The molecule has 2 N–H and O–H groups in total. The lowest BCUT2D eigenvalue weighted by Gasteiger charge is -2.16. The van der Waals surface area contributed by atoms with Crippen LogP contribution in [0.3, 0.4) is 0 Å². The number of ether oxygens (including phenoxy) is 3. The average Bonchev–Trinajstić information content (AvgIpc) is 3.46. The Balaban J connectivity index is 1.35. The van der Waals surface area contributed by atoms with Crippen LogP contribution in [-0.4, -0.2) is 58.9 Å². The number of methoxy groups -OCH3 is 3. The van der Waals surface area contributed by atoms with Crippen molar-refractivity contribution in [3.63, 3.8) is 0 Å². The quantitative estimate of drug-likeness (QED) is 0.233. The number of rotatable bonds is 7. The molecule has 0 bridgehead atoms. The topological polar surface area (TPSA) is 148 Å². The van der Waals surface area contributed by atoms with Gasteiger partial charge in [0.15, 0.2) is 11.5 Å². The van der Waals surface area contributed by atoms with Crippen LogP contribution in [0, 0.1) is 0 Å². The first-order valence-corrected chi connectivity index (χ1v) is 12.4. The molecule has 6 rings (SSSR count). The van der Waals surface area contributed by atoms with Crippen LogP contribution in [0.2, 0.25) is 0 Å². The number of H-pyrrole nitrogens is 2. The minimum Gasteiger partial charge on any atom is -0.496 e. The van der Waals surface area contributed by atoms with Crippen molar-refractivity contribution in [1.82, 2.24) is 19.5 Å². The molecular formula is C29H23N5O7. The van der Waals surface area contributed by atoms with Crippen LogP contribution in [0.15, 0.2) is 69.3 Å². The average molecular weight is 554 g/mol. The van der Waals surface area contributed by atoms with Gasteiger partial charge in [0, 0.05) is 17.0 Å². The molecule has 0 unspecified atom stereocenters. The molecule has 12 heteroatoms. The number of fused-ring (bicyclic) bond motifs is 4. The summed E-state index contributed by atoms with van der Waals surface area (Å²) in [5.41, 5.74) is 1.37. The molecule has 0 atom stereocenters. The van der Waals surface area contributed by atoms with Crippen molar-refractivity contribution in [2.75, 3.05) is 21.3 Å². The van der Waals surface area contributed by atoms with E-state index in [4.69, 9.17) is 14.2 Å². The highest BCUT2D eigenvalue weighted by Gasteiger charge is 2.35. The number of nitrogens with one attached hydrogen (secondary N) is 2. The van der Waals surface area contributed by atoms with Crippen molar-refractivity contribution < 1.29 is 23.8 Å². The highest BCUT2D eigenvalue weighted by Crippen LogP contribution is 2.34. The van der Waals surface area contributed by atoms with Crippen molar-refractivity contribution in [1.29, 1.82) is 0 Å². The summed E-state index contributed by atoms with van der Waals surface area (Å²) in [5.74, 6) is 0.571. The van der Waals surface area contributed by atoms with Crippen molar-refractivity contribution in [2.45, 2.75) is 6.54 Å². The third-order valence-corrected chi connectivity index (χ3v) is 6.97. The second-order valence-electron chi connectivity index (χ2n) is 9.23. The number of benzene rings is 3. The molecule has 0 saturated carbocycles. The smallest absolute Gasteiger partial charge is 0.350 e. The molecule has 1 aliphatic rings. The first kappa shape index (κ1) is 25.6. The molecule has 41 heavy (non-hydrogen) atoms. The summed E-state index contributed by atoms with van der Waals surface area (Å²) >= 11 is 0. The van der Waals surface area contributed by atoms with E-state index in [2.05, 4.69) is 15.1 Å². The number of carbonyl (C=O) groups excluding carboxylic acids is 2. The second kappa shape index (κ2) is 9.83. The summed E-state index contributed by atoms with van der Waals surface area (Å²) in [7, 11) is 4.47. The van der Waals surface area contributed by atoms with E-state index in [1.165, 1.54) is 27.5 Å². The van der Waals surface area contributed by atoms with Gasteiger partial charge in [-0.15, -0.1) is 4.68 Å². The predicted octanol–water partition coefficient (Wildman–Crippen LogP) is 2.88. The van der Waals surface area contributed by atoms with Crippen LogP contribution in [0.1, 0.15) is 31.8 Å². The Morgan fingerprint density at radius 3 is 2.10 bits per heavy atom. The van der Waals surface area contributed by atoms with E-state index in [1.807, 2.05) is 0 Å². The molecule has 206 valence electrons. The summed E-state index contributed by atoms with van der Waals surface area (Å²) in [6.07, 6.45) is 1.34. The van der Waals surface area contributed by atoms with E-state index in [-0.39, 0.29) is 12.1 Å². The van der Waals surface area contributed by atoms with E-state index >= 15 is 0 Å². The Bertz CT molecular complexity index is 2000. The standard InChI is InChI=1S/C29H23N5O7/c1-39-21-9-8-15(10-16(21)14-33-26(35)17-6-4-5-7-18(17)27(33)36)13-30-34-28(37)25-24(32-29(34)38)19-11-22(40-2)23(41-3)12-20(19)31-25/h4-13,31H,14H2,1-3H3,(H,32,38)/b30-13-. The normalized spacial score (nSPS) is 13.0. The number of nitrogens with zero attached hydrogens (tertiary/aromatic N) is 3. The molecule has 2 amide bonds. The zero-order chi connectivity index (χ0) is 28.8. The Morgan fingerprint density at radius 1 is 0.780 bits per heavy atom. The van der Waals surface area contributed by atoms with Crippen LogP contribution in [0.4, 0.5) is 0 Å². The Kier molecular flexibility index (Phi) is 6.14. The predicted molar refractivity (Wildman–Crippen MR) is 150 cm³/mol. The minimum atomic E-state index is -0.741. The van der Waals surface area contributed by atoms with Crippen LogP contribution < -0.4 is 25.5 Å². The zero-order valence-corrected chi connectivity index (χ0v) is 22.2. The lowest BCUT2D eigenvalue weighted by Crippen LogP contribution is -2.32. The fourth-order valence-electron chi connectivity index (χ4n) is 4.95. The van der Waals surface area contributed by atoms with Gasteiger partial charge in [-0.05, 0) is 42.0 Å². The third kappa shape index (κ3) is 4.13. The van der Waals surface area contributed by atoms with Gasteiger partial charge in [0.2, 0.25) is 0 Å². The molecule has 5 aromatic rings. The maximum absolute atomic E-state index is 13.3. The second-order valence-corrected chi connectivity index (χ2v) is 9.23. The van der Waals surface area contributed by atoms with Crippen molar-refractivity contribution in [3.8, 4) is 17.2 Å². The molecule has 0 spiro atoms. The van der Waals surface area contributed by atoms with Gasteiger partial charge in [0.05, 0.1) is 56.2 Å². The minimum absolute atomic E-state index is 0.0360. The van der Waals surface area contributed by atoms with Crippen LogP contribution in [0.25, 0.3) is 21.9 Å². The molecule has 0 aliphatic carbocycles. The van der Waals surface area contributed by atoms with Crippen LogP contribution >= 0.6 is 0 Å². The molecule has 0 radical (unpaired) electrons. The fraction of sp³-hybridized carbons (Fsp3) is 0.138. The molecule has 3 heterocycles. The lowest BCUT2D eigenvalue weighted by molar-refractivity contribution is 0.0641. The van der Waals surface area contributed by atoms with Gasteiger partial charge in [0.1, 0.15) is 11.3 Å². The number of aromatic nitrogens is 3. The first-order valence-electron chi connectivity index (χ1n) is 12.4. The fourth-order valence-corrected chi connectivity index (χ4v) is 4.95. The summed E-state index contributed by atoms with van der Waals surface area (Å²) in [4.78, 5) is 58.8. The zero-order valence-electron chi connectivity index (χ0n) is 22.2. The third-order valence-electron chi connectivity index (χ3n) is 6.97. The van der Waals surface area contributed by atoms with Crippen LogP contribution in [-0.2, 0) is 6.54 Å². The number of amides is 2. The van der Waals surface area contributed by atoms with Crippen molar-refractivity contribution >= 4 is 40.0 Å². The summed E-state index contributed by atoms with van der Waals surface area (Å²) < 4.78 is 16.8. The number of hydrogen-bond donors (Lipinski definition) is 2. The Labute approximate surface area is 231 Å². The highest BCUT2D eigenvalue weighted by atomic mass is 16.5. The van der Waals surface area contributed by atoms with Crippen molar-refractivity contribution in [3.05, 3.63) is 97.7 Å². The van der Waals surface area contributed by atoms with E-state index < -0.39 is 23.1 Å². The van der Waals surface area contributed by atoms with E-state index in [0.717, 1.165) is 4.90 Å². The molecule has 2 aromatic heterocycles. The monoisotopic (exact) mass is 553 g/mol. The number of imide groups is 1. The molecular weight excluding hydrogens is 530 g/mol. The van der Waals surface area contributed by atoms with Gasteiger partial charge in [-0.25, -0.2) is 4.79 Å². The number of aromatic amines is 2. The Hall–Kier alpha value is -5.65.